The lowest BCUT2D eigenvalue weighted by Gasteiger charge is -2.32. The summed E-state index contributed by atoms with van der Waals surface area (Å²) in [6.07, 6.45) is 1.05. The number of piperazine rings is 1. The number of nitrogens with zero attached hydrogens (tertiary/aromatic N) is 2. The number of likely N-dealkylation sites (N-methyl/N-ethyl adjacent to an activating group) is 1. The van der Waals surface area contributed by atoms with Gasteiger partial charge in [-0.1, -0.05) is 0 Å². The van der Waals surface area contributed by atoms with E-state index in [2.05, 4.69) is 10.2 Å². The molecule has 13 heavy (non-hydrogen) atoms. The van der Waals surface area contributed by atoms with Gasteiger partial charge in [-0.25, -0.2) is 0 Å². The van der Waals surface area contributed by atoms with E-state index in [1.165, 1.54) is 0 Å². The molecule has 1 saturated heterocycles. The lowest BCUT2D eigenvalue weighted by atomic mass is 10.3. The van der Waals surface area contributed by atoms with Crippen LogP contribution in [0.25, 0.3) is 0 Å². The molecule has 0 aromatic heterocycles. The summed E-state index contributed by atoms with van der Waals surface area (Å²) in [7, 11) is 3.93. The van der Waals surface area contributed by atoms with Crippen molar-refractivity contribution in [1.82, 2.24) is 15.1 Å². The third-order valence-electron chi connectivity index (χ3n) is 2.36. The summed E-state index contributed by atoms with van der Waals surface area (Å²) < 4.78 is 0. The molecule has 0 saturated carbocycles. The van der Waals surface area contributed by atoms with E-state index in [-0.39, 0.29) is 5.91 Å². The summed E-state index contributed by atoms with van der Waals surface area (Å²) in [5, 5.41) is 3.08. The highest BCUT2D eigenvalue weighted by Gasteiger charge is 2.20. The van der Waals surface area contributed by atoms with Crippen LogP contribution in [0, 0.1) is 0 Å². The molecule has 0 unspecified atom stereocenters. The molecule has 1 aliphatic rings. The Hall–Kier alpha value is -0.610. The molecular formula is C9H19N3O. The van der Waals surface area contributed by atoms with Crippen LogP contribution in [-0.4, -0.2) is 62.5 Å². The first kappa shape index (κ1) is 10.5. The Kier molecular flexibility index (Phi) is 4.18. The van der Waals surface area contributed by atoms with E-state index in [4.69, 9.17) is 0 Å². The molecule has 0 radical (unpaired) electrons. The molecule has 0 spiro atoms. The molecule has 0 aromatic carbocycles. The van der Waals surface area contributed by atoms with Gasteiger partial charge in [-0.15, -0.1) is 0 Å². The highest BCUT2D eigenvalue weighted by atomic mass is 16.2. The van der Waals surface area contributed by atoms with Gasteiger partial charge in [0.1, 0.15) is 0 Å². The van der Waals surface area contributed by atoms with Crippen LogP contribution in [0.15, 0.2) is 0 Å². The third-order valence-corrected chi connectivity index (χ3v) is 2.36. The Bertz CT molecular complexity index is 172. The van der Waals surface area contributed by atoms with Crippen LogP contribution in [0.4, 0.5) is 0 Å². The number of hydrogen-bond donors (Lipinski definition) is 1. The average Bonchev–Trinajstić information content (AvgIpc) is 2.09. The van der Waals surface area contributed by atoms with Crippen LogP contribution in [0.5, 0.6) is 0 Å². The number of carbonyl (C=O) groups is 1. The number of carbonyl (C=O) groups excluding carboxylic acids is 1. The third kappa shape index (κ3) is 3.32. The second-order valence-electron chi connectivity index (χ2n) is 3.58. The molecule has 0 aromatic rings. The molecule has 76 valence electrons. The molecule has 0 aliphatic carbocycles. The van der Waals surface area contributed by atoms with Gasteiger partial charge in [0.05, 0.1) is 6.54 Å². The van der Waals surface area contributed by atoms with Crippen molar-refractivity contribution in [2.24, 2.45) is 0 Å². The van der Waals surface area contributed by atoms with Crippen LogP contribution in [-0.2, 0) is 4.79 Å². The maximum atomic E-state index is 11.5. The number of rotatable bonds is 4. The number of hydrogen-bond acceptors (Lipinski definition) is 3. The summed E-state index contributed by atoms with van der Waals surface area (Å²) >= 11 is 0. The summed E-state index contributed by atoms with van der Waals surface area (Å²) in [6.45, 7) is 4.36. The van der Waals surface area contributed by atoms with E-state index < -0.39 is 0 Å². The molecule has 1 aliphatic heterocycles. The molecule has 4 heteroatoms. The van der Waals surface area contributed by atoms with Crippen molar-refractivity contribution in [2.75, 3.05) is 46.8 Å². The molecule has 1 rings (SSSR count). The van der Waals surface area contributed by atoms with Gasteiger partial charge in [0, 0.05) is 19.6 Å². The van der Waals surface area contributed by atoms with Crippen molar-refractivity contribution in [3.05, 3.63) is 0 Å². The van der Waals surface area contributed by atoms with E-state index in [1.807, 2.05) is 19.0 Å². The van der Waals surface area contributed by atoms with Crippen LogP contribution in [0.3, 0.4) is 0 Å². The predicted octanol–water partition coefficient (Wildman–Crippen LogP) is -0.630. The fourth-order valence-corrected chi connectivity index (χ4v) is 1.51. The van der Waals surface area contributed by atoms with Crippen LogP contribution in [0.2, 0.25) is 0 Å². The zero-order valence-corrected chi connectivity index (χ0v) is 8.55. The van der Waals surface area contributed by atoms with E-state index in [1.54, 1.807) is 0 Å². The second-order valence-corrected chi connectivity index (χ2v) is 3.58. The fourth-order valence-electron chi connectivity index (χ4n) is 1.51. The van der Waals surface area contributed by atoms with Gasteiger partial charge in [0.15, 0.2) is 0 Å². The van der Waals surface area contributed by atoms with Gasteiger partial charge in [-0.2, -0.15) is 0 Å². The van der Waals surface area contributed by atoms with E-state index >= 15 is 0 Å². The topological polar surface area (TPSA) is 35.6 Å². The molecule has 1 heterocycles. The smallest absolute Gasteiger partial charge is 0.236 e. The van der Waals surface area contributed by atoms with Crippen LogP contribution >= 0.6 is 0 Å². The fraction of sp³-hybridized carbons (Fsp3) is 0.889. The van der Waals surface area contributed by atoms with Gasteiger partial charge < -0.3 is 10.2 Å². The minimum absolute atomic E-state index is 0.268. The molecular weight excluding hydrogens is 166 g/mol. The first-order valence-electron chi connectivity index (χ1n) is 4.85. The van der Waals surface area contributed by atoms with E-state index in [0.29, 0.717) is 6.54 Å². The second kappa shape index (κ2) is 5.19. The Morgan fingerprint density at radius 2 is 2.23 bits per heavy atom. The van der Waals surface area contributed by atoms with Gasteiger partial charge >= 0.3 is 0 Å². The Morgan fingerprint density at radius 3 is 2.85 bits per heavy atom. The highest BCUT2D eigenvalue weighted by molar-refractivity contribution is 5.78. The summed E-state index contributed by atoms with van der Waals surface area (Å²) in [6, 6.07) is 0. The van der Waals surface area contributed by atoms with Crippen molar-refractivity contribution in [3.8, 4) is 0 Å². The Labute approximate surface area is 79.9 Å². The summed E-state index contributed by atoms with van der Waals surface area (Å²) in [4.78, 5) is 15.5. The summed E-state index contributed by atoms with van der Waals surface area (Å²) in [5.74, 6) is 0.268. The SMILES string of the molecule is CNCCCN1CCN(C)CC1=O. The normalized spacial score (nSPS) is 19.5. The maximum Gasteiger partial charge on any atom is 0.236 e. The van der Waals surface area contributed by atoms with Crippen molar-refractivity contribution < 1.29 is 4.79 Å². The van der Waals surface area contributed by atoms with E-state index in [0.717, 1.165) is 32.6 Å². The first-order chi connectivity index (χ1) is 6.24. The first-order valence-corrected chi connectivity index (χ1v) is 4.85. The van der Waals surface area contributed by atoms with Crippen LogP contribution in [0.1, 0.15) is 6.42 Å². The summed E-state index contributed by atoms with van der Waals surface area (Å²) in [5.41, 5.74) is 0. The van der Waals surface area contributed by atoms with Crippen molar-refractivity contribution in [2.45, 2.75) is 6.42 Å². The Morgan fingerprint density at radius 1 is 1.46 bits per heavy atom. The average molecular weight is 185 g/mol. The maximum absolute atomic E-state index is 11.5. The quantitative estimate of drug-likeness (QED) is 0.592. The predicted molar refractivity (Wildman–Crippen MR) is 52.6 cm³/mol. The largest absolute Gasteiger partial charge is 0.340 e. The Balaban J connectivity index is 2.22. The van der Waals surface area contributed by atoms with E-state index in [9.17, 15) is 4.79 Å². The lowest BCUT2D eigenvalue weighted by Crippen LogP contribution is -2.49. The standard InChI is InChI=1S/C9H19N3O/c1-10-4-3-5-12-7-6-11(2)8-9(12)13/h10H,3-8H2,1-2H3. The van der Waals surface area contributed by atoms with Gasteiger partial charge in [-0.05, 0) is 27.1 Å². The molecule has 1 fully saturated rings. The molecule has 1 amide bonds. The van der Waals surface area contributed by atoms with Gasteiger partial charge in [0.25, 0.3) is 0 Å². The monoisotopic (exact) mass is 185 g/mol. The minimum Gasteiger partial charge on any atom is -0.340 e. The molecule has 0 bridgehead atoms. The number of nitrogens with one attached hydrogen (secondary N) is 1. The molecule has 4 nitrogen and oxygen atoms in total. The van der Waals surface area contributed by atoms with Crippen molar-refractivity contribution in [1.29, 1.82) is 0 Å². The van der Waals surface area contributed by atoms with Crippen LogP contribution < -0.4 is 5.32 Å². The highest BCUT2D eigenvalue weighted by Crippen LogP contribution is 2.01. The zero-order valence-electron chi connectivity index (χ0n) is 8.55. The van der Waals surface area contributed by atoms with Crippen molar-refractivity contribution in [3.63, 3.8) is 0 Å². The zero-order chi connectivity index (χ0) is 9.68. The molecule has 1 N–H and O–H groups in total. The van der Waals surface area contributed by atoms with Crippen molar-refractivity contribution >= 4 is 5.91 Å². The lowest BCUT2D eigenvalue weighted by molar-refractivity contribution is -0.135. The molecule has 0 atom stereocenters. The van der Waals surface area contributed by atoms with Gasteiger partial charge in [-0.3, -0.25) is 9.69 Å². The number of amides is 1. The minimum atomic E-state index is 0.268. The van der Waals surface area contributed by atoms with Gasteiger partial charge in [0.2, 0.25) is 5.91 Å².